The molecule has 7 nitrogen and oxygen atoms in total. The van der Waals surface area contributed by atoms with Gasteiger partial charge in [0.25, 0.3) is 0 Å². The van der Waals surface area contributed by atoms with Gasteiger partial charge in [-0.15, -0.1) is 24.0 Å². The van der Waals surface area contributed by atoms with Crippen molar-refractivity contribution in [3.05, 3.63) is 35.9 Å². The van der Waals surface area contributed by atoms with Gasteiger partial charge in [-0.25, -0.2) is 0 Å². The summed E-state index contributed by atoms with van der Waals surface area (Å²) in [4.78, 5) is 25.6. The molecule has 0 atom stereocenters. The van der Waals surface area contributed by atoms with E-state index in [9.17, 15) is 4.79 Å². The van der Waals surface area contributed by atoms with Crippen LogP contribution >= 0.6 is 24.0 Å². The van der Waals surface area contributed by atoms with Crippen molar-refractivity contribution < 1.29 is 4.79 Å². The second kappa shape index (κ2) is 13.1. The van der Waals surface area contributed by atoms with Crippen LogP contribution in [0.4, 0.5) is 0 Å². The Labute approximate surface area is 198 Å². The lowest BCUT2D eigenvalue weighted by atomic mass is 10.2. The van der Waals surface area contributed by atoms with Crippen LogP contribution in [0.2, 0.25) is 0 Å². The molecular formula is C22H37IN6O. The number of halogens is 1. The number of piperazine rings is 2. The van der Waals surface area contributed by atoms with Gasteiger partial charge in [-0.05, 0) is 12.5 Å². The van der Waals surface area contributed by atoms with Crippen LogP contribution in [0.5, 0.6) is 0 Å². The Morgan fingerprint density at radius 1 is 0.933 bits per heavy atom. The van der Waals surface area contributed by atoms with E-state index < -0.39 is 0 Å². The normalized spacial score (nSPS) is 18.8. The second-order valence-electron chi connectivity index (χ2n) is 7.83. The summed E-state index contributed by atoms with van der Waals surface area (Å²) in [5, 5.41) is 3.46. The van der Waals surface area contributed by atoms with E-state index in [2.05, 4.69) is 57.3 Å². The molecule has 168 valence electrons. The molecule has 0 saturated carbocycles. The van der Waals surface area contributed by atoms with Gasteiger partial charge in [0.05, 0.1) is 6.54 Å². The van der Waals surface area contributed by atoms with Crippen LogP contribution in [-0.4, -0.2) is 103 Å². The predicted octanol–water partition coefficient (Wildman–Crippen LogP) is 1.55. The van der Waals surface area contributed by atoms with E-state index in [1.807, 2.05) is 4.90 Å². The Bertz CT molecular complexity index is 655. The summed E-state index contributed by atoms with van der Waals surface area (Å²) < 4.78 is 0. The highest BCUT2D eigenvalue weighted by atomic mass is 127. The number of hydrogen-bond acceptors (Lipinski definition) is 4. The molecule has 1 aromatic carbocycles. The van der Waals surface area contributed by atoms with E-state index in [-0.39, 0.29) is 29.9 Å². The van der Waals surface area contributed by atoms with Crippen LogP contribution in [0.25, 0.3) is 0 Å². The van der Waals surface area contributed by atoms with Gasteiger partial charge in [-0.1, -0.05) is 30.3 Å². The van der Waals surface area contributed by atoms with Crippen LogP contribution in [-0.2, 0) is 11.3 Å². The van der Waals surface area contributed by atoms with Crippen molar-refractivity contribution in [1.82, 2.24) is 24.9 Å². The molecule has 0 aromatic heterocycles. The van der Waals surface area contributed by atoms with E-state index in [1.54, 1.807) is 6.92 Å². The summed E-state index contributed by atoms with van der Waals surface area (Å²) in [7, 11) is 0. The van der Waals surface area contributed by atoms with E-state index in [0.29, 0.717) is 0 Å². The molecule has 2 aliphatic rings. The molecule has 2 fully saturated rings. The summed E-state index contributed by atoms with van der Waals surface area (Å²) in [6.45, 7) is 15.2. The standard InChI is InChI=1S/C22H36N6O.HI/c1-3-23-22(24-9-10-25-11-15-27(16-12-25)20(2)29)28-17-13-26(14-18-28)19-21-7-5-4-6-8-21;/h4-8H,3,9-19H2,1-2H3,(H,23,24);1H. The fourth-order valence-corrected chi connectivity index (χ4v) is 3.97. The van der Waals surface area contributed by atoms with Crippen molar-refractivity contribution in [2.45, 2.75) is 20.4 Å². The smallest absolute Gasteiger partial charge is 0.219 e. The van der Waals surface area contributed by atoms with Crippen molar-refractivity contribution in [2.24, 2.45) is 4.99 Å². The maximum atomic E-state index is 11.4. The van der Waals surface area contributed by atoms with E-state index >= 15 is 0 Å². The highest BCUT2D eigenvalue weighted by Crippen LogP contribution is 2.09. The van der Waals surface area contributed by atoms with Gasteiger partial charge >= 0.3 is 0 Å². The van der Waals surface area contributed by atoms with Gasteiger partial charge in [-0.2, -0.15) is 0 Å². The molecule has 3 rings (SSSR count). The van der Waals surface area contributed by atoms with Crippen molar-refractivity contribution in [3.63, 3.8) is 0 Å². The van der Waals surface area contributed by atoms with E-state index in [0.717, 1.165) is 84.5 Å². The largest absolute Gasteiger partial charge is 0.357 e. The number of amides is 1. The summed E-state index contributed by atoms with van der Waals surface area (Å²) in [5.41, 5.74) is 1.38. The molecule has 2 saturated heterocycles. The number of hydrogen-bond donors (Lipinski definition) is 1. The molecule has 0 aliphatic carbocycles. The Balaban J connectivity index is 0.00000320. The lowest BCUT2D eigenvalue weighted by Gasteiger charge is -2.37. The van der Waals surface area contributed by atoms with Crippen molar-refractivity contribution in [3.8, 4) is 0 Å². The number of benzene rings is 1. The fraction of sp³-hybridized carbons (Fsp3) is 0.636. The lowest BCUT2D eigenvalue weighted by molar-refractivity contribution is -0.130. The third kappa shape index (κ3) is 7.70. The first-order valence-electron chi connectivity index (χ1n) is 10.9. The number of carbonyl (C=O) groups is 1. The van der Waals surface area contributed by atoms with Gasteiger partial charge in [0.15, 0.2) is 5.96 Å². The quantitative estimate of drug-likeness (QED) is 0.345. The molecule has 0 spiro atoms. The maximum Gasteiger partial charge on any atom is 0.219 e. The Hall–Kier alpha value is -1.39. The number of aliphatic imine (C=N–C) groups is 1. The minimum absolute atomic E-state index is 0. The molecule has 1 aromatic rings. The third-order valence-corrected chi connectivity index (χ3v) is 5.75. The van der Waals surface area contributed by atoms with Crippen molar-refractivity contribution >= 4 is 35.8 Å². The minimum Gasteiger partial charge on any atom is -0.357 e. The zero-order valence-corrected chi connectivity index (χ0v) is 20.8. The van der Waals surface area contributed by atoms with Crippen LogP contribution in [0, 0.1) is 0 Å². The van der Waals surface area contributed by atoms with Gasteiger partial charge in [0.2, 0.25) is 5.91 Å². The predicted molar refractivity (Wildman–Crippen MR) is 133 cm³/mol. The highest BCUT2D eigenvalue weighted by molar-refractivity contribution is 14.0. The first-order chi connectivity index (χ1) is 14.2. The number of guanidine groups is 1. The zero-order valence-electron chi connectivity index (χ0n) is 18.4. The topological polar surface area (TPSA) is 54.4 Å². The monoisotopic (exact) mass is 528 g/mol. The molecule has 8 heteroatoms. The molecule has 1 amide bonds. The maximum absolute atomic E-state index is 11.4. The van der Waals surface area contributed by atoms with Crippen molar-refractivity contribution in [2.75, 3.05) is 72.0 Å². The molecule has 0 radical (unpaired) electrons. The van der Waals surface area contributed by atoms with Gasteiger partial charge in [-0.3, -0.25) is 19.6 Å². The number of rotatable bonds is 6. The summed E-state index contributed by atoms with van der Waals surface area (Å²) in [6, 6.07) is 10.7. The Morgan fingerprint density at radius 3 is 2.13 bits per heavy atom. The van der Waals surface area contributed by atoms with Crippen LogP contribution in [0.1, 0.15) is 19.4 Å². The molecule has 2 aliphatic heterocycles. The van der Waals surface area contributed by atoms with E-state index in [1.165, 1.54) is 5.56 Å². The fourth-order valence-electron chi connectivity index (χ4n) is 3.97. The Kier molecular flexibility index (Phi) is 10.9. The first kappa shape index (κ1) is 24.9. The minimum atomic E-state index is 0. The first-order valence-corrected chi connectivity index (χ1v) is 10.9. The molecule has 0 bridgehead atoms. The van der Waals surface area contributed by atoms with Gasteiger partial charge in [0, 0.05) is 78.9 Å². The molecular weight excluding hydrogens is 491 g/mol. The number of carbonyl (C=O) groups excluding carboxylic acids is 1. The van der Waals surface area contributed by atoms with Crippen molar-refractivity contribution in [1.29, 1.82) is 0 Å². The summed E-state index contributed by atoms with van der Waals surface area (Å²) in [6.07, 6.45) is 0. The lowest BCUT2D eigenvalue weighted by Crippen LogP contribution is -2.52. The van der Waals surface area contributed by atoms with Crippen LogP contribution in [0.15, 0.2) is 35.3 Å². The SMILES string of the molecule is CCNC(=NCCN1CCN(C(C)=O)CC1)N1CCN(Cc2ccccc2)CC1.I. The number of nitrogens with one attached hydrogen (secondary N) is 1. The third-order valence-electron chi connectivity index (χ3n) is 5.75. The molecule has 1 N–H and O–H groups in total. The van der Waals surface area contributed by atoms with Gasteiger partial charge in [0.1, 0.15) is 0 Å². The zero-order chi connectivity index (χ0) is 20.5. The average Bonchev–Trinajstić information content (AvgIpc) is 2.75. The van der Waals surface area contributed by atoms with Crippen LogP contribution < -0.4 is 5.32 Å². The highest BCUT2D eigenvalue weighted by Gasteiger charge is 2.20. The van der Waals surface area contributed by atoms with Gasteiger partial charge < -0.3 is 15.1 Å². The average molecular weight is 528 g/mol. The number of nitrogens with zero attached hydrogens (tertiary/aromatic N) is 5. The summed E-state index contributed by atoms with van der Waals surface area (Å²) in [5.74, 6) is 1.22. The molecule has 30 heavy (non-hydrogen) atoms. The van der Waals surface area contributed by atoms with Crippen LogP contribution in [0.3, 0.4) is 0 Å². The van der Waals surface area contributed by atoms with E-state index in [4.69, 9.17) is 4.99 Å². The second-order valence-corrected chi connectivity index (χ2v) is 7.83. The Morgan fingerprint density at radius 2 is 1.53 bits per heavy atom. The summed E-state index contributed by atoms with van der Waals surface area (Å²) >= 11 is 0. The molecule has 0 unspecified atom stereocenters. The molecule has 2 heterocycles.